The third-order valence-electron chi connectivity index (χ3n) is 2.57. The summed E-state index contributed by atoms with van der Waals surface area (Å²) in [4.78, 5) is 11.6. The molecule has 1 aliphatic rings. The largest absolute Gasteiger partial charge is 0.350 e. The zero-order valence-electron chi connectivity index (χ0n) is 9.16. The highest BCUT2D eigenvalue weighted by Gasteiger charge is 2.22. The minimum atomic E-state index is 0.00996. The maximum absolute atomic E-state index is 11.6. The lowest BCUT2D eigenvalue weighted by molar-refractivity contribution is -0.116. The number of hydrogen-bond acceptors (Lipinski definition) is 1. The maximum Gasteiger partial charge on any atom is 0.244 e. The first-order valence-corrected chi connectivity index (χ1v) is 6.20. The first-order chi connectivity index (χ1) is 7.66. The number of halogens is 1. The third kappa shape index (κ3) is 2.95. The molecule has 1 saturated carbocycles. The molecule has 3 heteroatoms. The minimum absolute atomic E-state index is 0.00996. The number of allylic oxidation sites excluding steroid dienone is 1. The molecule has 1 aliphatic carbocycles. The number of rotatable bonds is 3. The van der Waals surface area contributed by atoms with Crippen LogP contribution in [-0.4, -0.2) is 11.9 Å². The Morgan fingerprint density at radius 1 is 1.44 bits per heavy atom. The Hall–Kier alpha value is -1.09. The number of carbonyl (C=O) groups is 1. The normalized spacial score (nSPS) is 16.0. The van der Waals surface area contributed by atoms with Crippen molar-refractivity contribution in [1.29, 1.82) is 0 Å². The van der Waals surface area contributed by atoms with Crippen LogP contribution in [-0.2, 0) is 4.79 Å². The highest BCUT2D eigenvalue weighted by molar-refractivity contribution is 9.10. The van der Waals surface area contributed by atoms with E-state index in [0.29, 0.717) is 6.04 Å². The van der Waals surface area contributed by atoms with Crippen LogP contribution in [0.4, 0.5) is 0 Å². The van der Waals surface area contributed by atoms with Crippen LogP contribution in [0.25, 0.3) is 5.57 Å². The van der Waals surface area contributed by atoms with Gasteiger partial charge in [-0.05, 0) is 37.0 Å². The number of benzene rings is 1. The fourth-order valence-corrected chi connectivity index (χ4v) is 2.12. The molecule has 0 atom stereocenters. The molecule has 0 spiro atoms. The van der Waals surface area contributed by atoms with Gasteiger partial charge in [-0.2, -0.15) is 0 Å². The smallest absolute Gasteiger partial charge is 0.244 e. The van der Waals surface area contributed by atoms with E-state index in [1.54, 1.807) is 6.08 Å². The van der Waals surface area contributed by atoms with Crippen molar-refractivity contribution in [3.63, 3.8) is 0 Å². The van der Waals surface area contributed by atoms with E-state index < -0.39 is 0 Å². The van der Waals surface area contributed by atoms with Crippen LogP contribution in [0.5, 0.6) is 0 Å². The predicted octanol–water partition coefficient (Wildman–Crippen LogP) is 3.13. The first-order valence-electron chi connectivity index (χ1n) is 5.40. The average Bonchev–Trinajstić information content (AvgIpc) is 3.01. The van der Waals surface area contributed by atoms with Gasteiger partial charge in [0.05, 0.1) is 0 Å². The fraction of sp³-hybridized carbons (Fsp3) is 0.308. The molecular weight excluding hydrogens is 266 g/mol. The molecule has 0 aromatic heterocycles. The molecule has 2 nitrogen and oxygen atoms in total. The summed E-state index contributed by atoms with van der Waals surface area (Å²) in [7, 11) is 0. The Morgan fingerprint density at radius 2 is 2.12 bits per heavy atom. The summed E-state index contributed by atoms with van der Waals surface area (Å²) in [5, 5.41) is 2.94. The van der Waals surface area contributed by atoms with Crippen LogP contribution >= 0.6 is 15.9 Å². The predicted molar refractivity (Wildman–Crippen MR) is 69.0 cm³/mol. The van der Waals surface area contributed by atoms with Gasteiger partial charge in [-0.1, -0.05) is 34.1 Å². The summed E-state index contributed by atoms with van der Waals surface area (Å²) in [5.41, 5.74) is 2.04. The third-order valence-corrected chi connectivity index (χ3v) is 3.26. The van der Waals surface area contributed by atoms with Crippen LogP contribution < -0.4 is 5.32 Å². The van der Waals surface area contributed by atoms with Crippen LogP contribution in [0, 0.1) is 0 Å². The average molecular weight is 280 g/mol. The van der Waals surface area contributed by atoms with Crippen LogP contribution in [0.3, 0.4) is 0 Å². The summed E-state index contributed by atoms with van der Waals surface area (Å²) in [6.45, 7) is 1.95. The second-order valence-corrected chi connectivity index (χ2v) is 4.94. The monoisotopic (exact) mass is 279 g/mol. The molecule has 0 saturated heterocycles. The van der Waals surface area contributed by atoms with E-state index in [9.17, 15) is 4.79 Å². The Balaban J connectivity index is 2.10. The van der Waals surface area contributed by atoms with Gasteiger partial charge >= 0.3 is 0 Å². The number of nitrogens with one attached hydrogen (secondary N) is 1. The van der Waals surface area contributed by atoms with Crippen LogP contribution in [0.15, 0.2) is 34.8 Å². The van der Waals surface area contributed by atoms with Gasteiger partial charge in [-0.25, -0.2) is 0 Å². The molecule has 16 heavy (non-hydrogen) atoms. The Kier molecular flexibility index (Phi) is 3.44. The highest BCUT2D eigenvalue weighted by atomic mass is 79.9. The van der Waals surface area contributed by atoms with E-state index >= 15 is 0 Å². The van der Waals surface area contributed by atoms with E-state index in [4.69, 9.17) is 0 Å². The van der Waals surface area contributed by atoms with Gasteiger partial charge in [0.25, 0.3) is 0 Å². The summed E-state index contributed by atoms with van der Waals surface area (Å²) in [6.07, 6.45) is 3.90. The molecule has 1 amide bonds. The Bertz CT molecular complexity index is 435. The molecule has 0 aliphatic heterocycles. The molecule has 0 radical (unpaired) electrons. The Morgan fingerprint density at radius 3 is 2.75 bits per heavy atom. The van der Waals surface area contributed by atoms with Gasteiger partial charge in [-0.3, -0.25) is 4.79 Å². The summed E-state index contributed by atoms with van der Waals surface area (Å²) in [6, 6.07) is 8.32. The standard InChI is InChI=1S/C13H14BrNO/c1-9(8-13(16)15-10-6-7-10)11-4-2-3-5-12(11)14/h2-5,8,10H,6-7H2,1H3,(H,15,16)/b9-8+. The minimum Gasteiger partial charge on any atom is -0.350 e. The quantitative estimate of drug-likeness (QED) is 0.847. The zero-order chi connectivity index (χ0) is 11.5. The van der Waals surface area contributed by atoms with Crippen LogP contribution in [0.1, 0.15) is 25.3 Å². The fourth-order valence-electron chi connectivity index (χ4n) is 1.53. The van der Waals surface area contributed by atoms with Gasteiger partial charge in [0.1, 0.15) is 0 Å². The molecular formula is C13H14BrNO. The van der Waals surface area contributed by atoms with E-state index in [0.717, 1.165) is 28.5 Å². The van der Waals surface area contributed by atoms with Crippen molar-refractivity contribution in [1.82, 2.24) is 5.32 Å². The summed E-state index contributed by atoms with van der Waals surface area (Å²) < 4.78 is 1.02. The highest BCUT2D eigenvalue weighted by Crippen LogP contribution is 2.24. The molecule has 1 fully saturated rings. The molecule has 0 unspecified atom stereocenters. The molecule has 1 aromatic rings. The summed E-state index contributed by atoms with van der Waals surface area (Å²) in [5.74, 6) is 0.00996. The van der Waals surface area contributed by atoms with E-state index in [2.05, 4.69) is 21.2 Å². The van der Waals surface area contributed by atoms with Gasteiger partial charge < -0.3 is 5.32 Å². The van der Waals surface area contributed by atoms with Gasteiger partial charge in [0.2, 0.25) is 5.91 Å². The molecule has 0 bridgehead atoms. The van der Waals surface area contributed by atoms with E-state index in [1.165, 1.54) is 0 Å². The van der Waals surface area contributed by atoms with Gasteiger partial charge in [0, 0.05) is 16.6 Å². The lowest BCUT2D eigenvalue weighted by atomic mass is 10.1. The molecule has 2 rings (SSSR count). The zero-order valence-corrected chi connectivity index (χ0v) is 10.8. The topological polar surface area (TPSA) is 29.1 Å². The second kappa shape index (κ2) is 4.83. The SMILES string of the molecule is C/C(=C\C(=O)NC1CC1)c1ccccc1Br. The van der Waals surface area contributed by atoms with Gasteiger partial charge in [0.15, 0.2) is 0 Å². The lowest BCUT2D eigenvalue weighted by Crippen LogP contribution is -2.23. The van der Waals surface area contributed by atoms with E-state index in [-0.39, 0.29) is 5.91 Å². The van der Waals surface area contributed by atoms with Crippen molar-refractivity contribution in [2.75, 3.05) is 0 Å². The first kappa shape index (κ1) is 11.4. The second-order valence-electron chi connectivity index (χ2n) is 4.09. The van der Waals surface area contributed by atoms with Crippen molar-refractivity contribution in [2.24, 2.45) is 0 Å². The maximum atomic E-state index is 11.6. The van der Waals surface area contributed by atoms with Crippen molar-refractivity contribution in [3.8, 4) is 0 Å². The van der Waals surface area contributed by atoms with Crippen molar-refractivity contribution < 1.29 is 4.79 Å². The molecule has 0 heterocycles. The Labute approximate surface area is 104 Å². The lowest BCUT2D eigenvalue weighted by Gasteiger charge is -2.04. The molecule has 1 N–H and O–H groups in total. The molecule has 1 aromatic carbocycles. The molecule has 84 valence electrons. The number of hydrogen-bond donors (Lipinski definition) is 1. The number of carbonyl (C=O) groups excluding carboxylic acids is 1. The van der Waals surface area contributed by atoms with Crippen molar-refractivity contribution >= 4 is 27.4 Å². The van der Waals surface area contributed by atoms with Crippen molar-refractivity contribution in [2.45, 2.75) is 25.8 Å². The van der Waals surface area contributed by atoms with Crippen molar-refractivity contribution in [3.05, 3.63) is 40.4 Å². The van der Waals surface area contributed by atoms with Gasteiger partial charge in [-0.15, -0.1) is 0 Å². The van der Waals surface area contributed by atoms with E-state index in [1.807, 2.05) is 31.2 Å². The summed E-state index contributed by atoms with van der Waals surface area (Å²) >= 11 is 3.48. The van der Waals surface area contributed by atoms with Crippen LogP contribution in [0.2, 0.25) is 0 Å². The number of amides is 1.